The lowest BCUT2D eigenvalue weighted by atomic mass is 9.64. The minimum Gasteiger partial charge on any atom is -0.410 e. The van der Waals surface area contributed by atoms with Crippen molar-refractivity contribution in [2.75, 3.05) is 6.54 Å². The highest BCUT2D eigenvalue weighted by Gasteiger charge is 2.58. The molecule has 0 heterocycles. The van der Waals surface area contributed by atoms with E-state index in [1.807, 2.05) is 44.2 Å². The van der Waals surface area contributed by atoms with Crippen LogP contribution in [0.15, 0.2) is 121 Å². The molecule has 0 saturated heterocycles. The average molecular weight is 860 g/mol. The first-order valence-corrected chi connectivity index (χ1v) is 20.5. The second-order valence-corrected chi connectivity index (χ2v) is 16.8. The number of fused-ring (bicyclic) bond motifs is 9. The van der Waals surface area contributed by atoms with Crippen molar-refractivity contribution in [1.29, 1.82) is 0 Å². The Labute approximate surface area is 355 Å². The smallest absolute Gasteiger partial charge is 0.410 e. The van der Waals surface area contributed by atoms with E-state index in [9.17, 15) is 46.1 Å². The van der Waals surface area contributed by atoms with Crippen molar-refractivity contribution >= 4 is 22.6 Å². The summed E-state index contributed by atoms with van der Waals surface area (Å²) in [5, 5.41) is 25.8. The van der Waals surface area contributed by atoms with Crippen molar-refractivity contribution in [3.63, 3.8) is 0 Å². The Balaban J connectivity index is 1.29. The third kappa shape index (κ3) is 10.0. The van der Waals surface area contributed by atoms with Crippen LogP contribution in [-0.2, 0) is 19.1 Å². The van der Waals surface area contributed by atoms with Gasteiger partial charge in [-0.1, -0.05) is 85.3 Å². The fraction of sp³-hybridized carbons (Fsp3) is 0.347. The predicted molar refractivity (Wildman–Crippen MR) is 222 cm³/mol. The number of rotatable bonds is 8. The zero-order valence-corrected chi connectivity index (χ0v) is 34.2. The standard InChI is InChI=1S/C49H47F6NO6/c1-31-7-6-23-46(2)43(41-21-15-33(25-38(57)17-12-31)26-42(41)44(58)36-10-5-11-37(27-36)48(50,51)52)22-24-47(46,60)30-56(29-32-13-18-39(19-14-32)62-49(53,54)55)45(59)61-40-20-16-34-8-3-4-9-35(34)28-40/h3-5,7-11,13-16,18-21,26-28,38,43,57,60H,6,12,17,22-25,29-30H2,1-2H3/t38-,43-,46-,47+/m0/s1. The zero-order chi connectivity index (χ0) is 44.5. The third-order valence-corrected chi connectivity index (χ3v) is 12.5. The summed E-state index contributed by atoms with van der Waals surface area (Å²) in [6.07, 6.45) is -6.56. The zero-order valence-electron chi connectivity index (χ0n) is 34.2. The van der Waals surface area contributed by atoms with Crippen molar-refractivity contribution in [3.8, 4) is 11.5 Å². The summed E-state index contributed by atoms with van der Waals surface area (Å²) in [7, 11) is 0. The molecule has 2 N–H and O–H groups in total. The van der Waals surface area contributed by atoms with Crippen LogP contribution in [0.1, 0.15) is 96.5 Å². The molecular weight excluding hydrogens is 813 g/mol. The Kier molecular flexibility index (Phi) is 12.6. The molecule has 1 fully saturated rings. The molecule has 13 heteroatoms. The number of aliphatic hydroxyl groups is 2. The van der Waals surface area contributed by atoms with Gasteiger partial charge in [-0.25, -0.2) is 4.79 Å². The van der Waals surface area contributed by atoms with Crippen LogP contribution in [0, 0.1) is 5.41 Å². The van der Waals surface area contributed by atoms with Gasteiger partial charge >= 0.3 is 18.6 Å². The van der Waals surface area contributed by atoms with E-state index in [0.29, 0.717) is 48.8 Å². The molecule has 0 spiro atoms. The molecule has 5 aromatic carbocycles. The Morgan fingerprint density at radius 3 is 2.27 bits per heavy atom. The summed E-state index contributed by atoms with van der Waals surface area (Å²) >= 11 is 0. The molecular formula is C49H47F6NO6. The quantitative estimate of drug-likeness (QED) is 0.0916. The summed E-state index contributed by atoms with van der Waals surface area (Å²) in [6.45, 7) is 3.41. The first kappa shape index (κ1) is 44.4. The van der Waals surface area contributed by atoms with E-state index in [2.05, 4.69) is 4.74 Å². The SMILES string of the molecule is CC1=CCC[C@@]2(C)[C@@H](CC[C@@]2(O)CN(Cc2ccc(OC(F)(F)F)cc2)C(=O)Oc2ccc3ccccc3c2)c2ccc(cc2C(=O)c2cccc(C(F)(F)F)c2)C[C@@H](O)CC1. The van der Waals surface area contributed by atoms with E-state index in [4.69, 9.17) is 4.74 Å². The normalized spacial score (nSPS) is 22.1. The van der Waals surface area contributed by atoms with Gasteiger partial charge in [0.05, 0.1) is 23.8 Å². The number of amides is 1. The first-order chi connectivity index (χ1) is 29.3. The summed E-state index contributed by atoms with van der Waals surface area (Å²) in [4.78, 5) is 30.1. The Bertz CT molecular complexity index is 2460. The summed E-state index contributed by atoms with van der Waals surface area (Å²) < 4.78 is 90.5. The lowest BCUT2D eigenvalue weighted by Gasteiger charge is -2.46. The molecule has 0 aliphatic heterocycles. The molecule has 62 heavy (non-hydrogen) atoms. The van der Waals surface area contributed by atoms with Crippen molar-refractivity contribution in [2.45, 2.75) is 95.5 Å². The van der Waals surface area contributed by atoms with Gasteiger partial charge in [-0.3, -0.25) is 4.79 Å². The van der Waals surface area contributed by atoms with Gasteiger partial charge in [0.1, 0.15) is 11.5 Å². The van der Waals surface area contributed by atoms with Crippen LogP contribution in [0.5, 0.6) is 11.5 Å². The second kappa shape index (κ2) is 17.6. The van der Waals surface area contributed by atoms with Gasteiger partial charge in [-0.15, -0.1) is 13.2 Å². The fourth-order valence-electron chi connectivity index (χ4n) is 9.10. The largest absolute Gasteiger partial charge is 0.573 e. The molecule has 4 atom stereocenters. The number of nitrogens with zero attached hydrogens (tertiary/aromatic N) is 1. The molecule has 8 rings (SSSR count). The number of ketones is 1. The summed E-state index contributed by atoms with van der Waals surface area (Å²) in [5.41, 5.74) is -1.08. The van der Waals surface area contributed by atoms with Gasteiger partial charge in [-0.2, -0.15) is 13.2 Å². The molecule has 0 aromatic heterocycles. The number of alkyl halides is 6. The number of hydrogen-bond acceptors (Lipinski definition) is 6. The maximum Gasteiger partial charge on any atom is 0.573 e. The van der Waals surface area contributed by atoms with Gasteiger partial charge in [0, 0.05) is 23.1 Å². The molecule has 3 aliphatic rings. The average Bonchev–Trinajstić information content (AvgIpc) is 3.47. The van der Waals surface area contributed by atoms with Crippen LogP contribution >= 0.6 is 0 Å². The minimum atomic E-state index is -4.91. The highest BCUT2D eigenvalue weighted by molar-refractivity contribution is 6.10. The van der Waals surface area contributed by atoms with Gasteiger partial charge in [0.2, 0.25) is 0 Å². The van der Waals surface area contributed by atoms with E-state index in [1.165, 1.54) is 29.2 Å². The van der Waals surface area contributed by atoms with E-state index in [0.717, 1.165) is 40.6 Å². The highest BCUT2D eigenvalue weighted by atomic mass is 19.4. The number of benzene rings is 5. The topological polar surface area (TPSA) is 96.3 Å². The van der Waals surface area contributed by atoms with Crippen LogP contribution in [0.3, 0.4) is 0 Å². The van der Waals surface area contributed by atoms with Crippen LogP contribution in [-0.4, -0.2) is 51.6 Å². The summed E-state index contributed by atoms with van der Waals surface area (Å²) in [5.74, 6) is -1.39. The van der Waals surface area contributed by atoms with Gasteiger partial charge in [0.25, 0.3) is 0 Å². The number of aliphatic hydroxyl groups excluding tert-OH is 1. The highest BCUT2D eigenvalue weighted by Crippen LogP contribution is 2.59. The van der Waals surface area contributed by atoms with E-state index in [-0.39, 0.29) is 42.8 Å². The van der Waals surface area contributed by atoms with E-state index < -0.39 is 58.8 Å². The monoisotopic (exact) mass is 859 g/mol. The molecule has 7 nitrogen and oxygen atoms in total. The maximum absolute atomic E-state index is 14.4. The Morgan fingerprint density at radius 2 is 1.55 bits per heavy atom. The van der Waals surface area contributed by atoms with E-state index in [1.54, 1.807) is 36.4 Å². The predicted octanol–water partition coefficient (Wildman–Crippen LogP) is 11.7. The molecule has 326 valence electrons. The van der Waals surface area contributed by atoms with Crippen molar-refractivity contribution < 1.29 is 55.6 Å². The number of ether oxygens (including phenoxy) is 2. The van der Waals surface area contributed by atoms with Crippen molar-refractivity contribution in [3.05, 3.63) is 154 Å². The number of halogens is 6. The molecule has 1 amide bonds. The molecule has 5 aromatic rings. The molecule has 0 radical (unpaired) electrons. The molecule has 3 aliphatic carbocycles. The van der Waals surface area contributed by atoms with Crippen LogP contribution < -0.4 is 9.47 Å². The maximum atomic E-state index is 14.4. The van der Waals surface area contributed by atoms with Gasteiger partial charge in [-0.05, 0) is 128 Å². The molecule has 1 saturated carbocycles. The van der Waals surface area contributed by atoms with Gasteiger partial charge < -0.3 is 24.6 Å². The minimum absolute atomic E-state index is 0.145. The van der Waals surface area contributed by atoms with E-state index >= 15 is 0 Å². The number of carbonyl (C=O) groups excluding carboxylic acids is 2. The lowest BCUT2D eigenvalue weighted by Crippen LogP contribution is -2.54. The Hall–Kier alpha value is -5.66. The third-order valence-electron chi connectivity index (χ3n) is 12.5. The lowest BCUT2D eigenvalue weighted by molar-refractivity contribution is -0.274. The number of allylic oxidation sites excluding steroid dienone is 2. The molecule has 0 unspecified atom stereocenters. The van der Waals surface area contributed by atoms with Crippen molar-refractivity contribution in [2.24, 2.45) is 5.41 Å². The van der Waals surface area contributed by atoms with Crippen LogP contribution in [0.25, 0.3) is 10.8 Å². The Morgan fingerprint density at radius 1 is 0.823 bits per heavy atom. The second-order valence-electron chi connectivity index (χ2n) is 16.8. The first-order valence-electron chi connectivity index (χ1n) is 20.5. The van der Waals surface area contributed by atoms with Crippen LogP contribution in [0.2, 0.25) is 0 Å². The summed E-state index contributed by atoms with van der Waals surface area (Å²) in [6, 6.07) is 27.1. The number of carbonyl (C=O) groups is 2. The number of hydrogen-bond donors (Lipinski definition) is 2. The van der Waals surface area contributed by atoms with Crippen LogP contribution in [0.4, 0.5) is 31.1 Å². The fourth-order valence-corrected chi connectivity index (χ4v) is 9.10. The molecule has 2 bridgehead atoms. The van der Waals surface area contributed by atoms with Crippen molar-refractivity contribution in [1.82, 2.24) is 4.90 Å². The van der Waals surface area contributed by atoms with Gasteiger partial charge in [0.15, 0.2) is 5.78 Å².